The van der Waals surface area contributed by atoms with Gasteiger partial charge in [-0.3, -0.25) is 9.69 Å². The Morgan fingerprint density at radius 1 is 1.19 bits per heavy atom. The van der Waals surface area contributed by atoms with Crippen LogP contribution in [0.3, 0.4) is 0 Å². The van der Waals surface area contributed by atoms with Crippen molar-refractivity contribution in [2.24, 2.45) is 0 Å². The molecule has 1 fully saturated rings. The molecule has 1 aliphatic heterocycles. The molecular weight excluding hydrogens is 349 g/mol. The largest absolute Gasteiger partial charge is 0.481 e. The number of halogens is 1. The molecule has 1 aliphatic rings. The van der Waals surface area contributed by atoms with Crippen LogP contribution in [0.4, 0.5) is 4.39 Å². The first kappa shape index (κ1) is 19.1. The Hall–Kier alpha value is -2.67. The molecule has 7 heteroatoms. The number of aromatic nitrogens is 1. The first-order valence-electron chi connectivity index (χ1n) is 8.99. The van der Waals surface area contributed by atoms with E-state index in [1.165, 1.54) is 20.3 Å². The standard InChI is InChI=1S/C20H24FN3O3/c1-26-18-10-9-15(20(23-18)27-2)19(25)22-13-17(24-11-5-6-12-24)14-7-3-4-8-16(14)21/h3-4,7-10,17H,5-6,11-13H2,1-2H3,(H,22,25). The zero-order valence-electron chi connectivity index (χ0n) is 15.6. The van der Waals surface area contributed by atoms with Gasteiger partial charge in [0.05, 0.1) is 20.3 Å². The summed E-state index contributed by atoms with van der Waals surface area (Å²) in [6.07, 6.45) is 2.16. The number of nitrogens with zero attached hydrogens (tertiary/aromatic N) is 2. The van der Waals surface area contributed by atoms with E-state index in [0.717, 1.165) is 25.9 Å². The molecule has 1 aromatic carbocycles. The van der Waals surface area contributed by atoms with E-state index in [1.807, 2.05) is 6.07 Å². The van der Waals surface area contributed by atoms with Gasteiger partial charge in [0.25, 0.3) is 5.91 Å². The van der Waals surface area contributed by atoms with Crippen molar-refractivity contribution < 1.29 is 18.7 Å². The van der Waals surface area contributed by atoms with E-state index >= 15 is 0 Å². The second-order valence-corrected chi connectivity index (χ2v) is 6.40. The van der Waals surface area contributed by atoms with Gasteiger partial charge < -0.3 is 14.8 Å². The highest BCUT2D eigenvalue weighted by molar-refractivity contribution is 5.96. The number of hydrogen-bond donors (Lipinski definition) is 1. The fraction of sp³-hybridized carbons (Fsp3) is 0.400. The number of pyridine rings is 1. The van der Waals surface area contributed by atoms with E-state index in [2.05, 4.69) is 15.2 Å². The number of rotatable bonds is 7. The van der Waals surface area contributed by atoms with Crippen LogP contribution in [0.2, 0.25) is 0 Å². The van der Waals surface area contributed by atoms with Gasteiger partial charge in [-0.15, -0.1) is 0 Å². The lowest BCUT2D eigenvalue weighted by Crippen LogP contribution is -2.37. The molecule has 27 heavy (non-hydrogen) atoms. The van der Waals surface area contributed by atoms with Crippen molar-refractivity contribution in [1.29, 1.82) is 0 Å². The van der Waals surface area contributed by atoms with Crippen LogP contribution >= 0.6 is 0 Å². The van der Waals surface area contributed by atoms with Crippen molar-refractivity contribution in [2.45, 2.75) is 18.9 Å². The van der Waals surface area contributed by atoms with Crippen LogP contribution in [0.25, 0.3) is 0 Å². The molecular formula is C20H24FN3O3. The fourth-order valence-corrected chi connectivity index (χ4v) is 3.38. The van der Waals surface area contributed by atoms with Crippen LogP contribution in [0.5, 0.6) is 11.8 Å². The topological polar surface area (TPSA) is 63.7 Å². The Balaban J connectivity index is 1.77. The minimum atomic E-state index is -0.317. The number of carbonyl (C=O) groups is 1. The van der Waals surface area contributed by atoms with Gasteiger partial charge >= 0.3 is 0 Å². The molecule has 1 amide bonds. The lowest BCUT2D eigenvalue weighted by molar-refractivity contribution is 0.0933. The smallest absolute Gasteiger partial charge is 0.256 e. The summed E-state index contributed by atoms with van der Waals surface area (Å²) < 4.78 is 24.6. The summed E-state index contributed by atoms with van der Waals surface area (Å²) in [5.74, 6) is -0.0185. The third-order valence-corrected chi connectivity index (χ3v) is 4.78. The molecule has 1 aromatic heterocycles. The highest BCUT2D eigenvalue weighted by Gasteiger charge is 2.26. The average molecular weight is 373 g/mol. The quantitative estimate of drug-likeness (QED) is 0.809. The van der Waals surface area contributed by atoms with Crippen molar-refractivity contribution in [3.05, 3.63) is 53.3 Å². The number of carbonyl (C=O) groups excluding carboxylic acids is 1. The maximum Gasteiger partial charge on any atom is 0.256 e. The molecule has 3 rings (SSSR count). The first-order chi connectivity index (χ1) is 13.1. The van der Waals surface area contributed by atoms with Gasteiger partial charge in [-0.1, -0.05) is 18.2 Å². The Morgan fingerprint density at radius 2 is 1.93 bits per heavy atom. The zero-order chi connectivity index (χ0) is 19.2. The second kappa shape index (κ2) is 8.81. The maximum absolute atomic E-state index is 14.4. The molecule has 0 spiro atoms. The van der Waals surface area contributed by atoms with Crippen LogP contribution < -0.4 is 14.8 Å². The second-order valence-electron chi connectivity index (χ2n) is 6.40. The molecule has 0 bridgehead atoms. The zero-order valence-corrected chi connectivity index (χ0v) is 15.6. The van der Waals surface area contributed by atoms with Crippen LogP contribution in [-0.2, 0) is 0 Å². The molecule has 1 unspecified atom stereocenters. The number of likely N-dealkylation sites (tertiary alicyclic amines) is 1. The van der Waals surface area contributed by atoms with Crippen molar-refractivity contribution in [3.8, 4) is 11.8 Å². The van der Waals surface area contributed by atoms with Crippen LogP contribution in [-0.4, -0.2) is 49.6 Å². The van der Waals surface area contributed by atoms with Gasteiger partial charge in [-0.2, -0.15) is 4.98 Å². The molecule has 2 aromatic rings. The van der Waals surface area contributed by atoms with E-state index in [0.29, 0.717) is 23.6 Å². The molecule has 0 saturated carbocycles. The Kier molecular flexibility index (Phi) is 6.24. The summed E-state index contributed by atoms with van der Waals surface area (Å²) in [6.45, 7) is 2.08. The number of hydrogen-bond acceptors (Lipinski definition) is 5. The van der Waals surface area contributed by atoms with E-state index in [1.54, 1.807) is 24.3 Å². The van der Waals surface area contributed by atoms with Gasteiger partial charge in [0.1, 0.15) is 11.4 Å². The molecule has 1 atom stereocenters. The molecule has 1 N–H and O–H groups in total. The van der Waals surface area contributed by atoms with Crippen LogP contribution in [0.1, 0.15) is 34.8 Å². The lowest BCUT2D eigenvalue weighted by atomic mass is 10.0. The molecule has 2 heterocycles. The van der Waals surface area contributed by atoms with Gasteiger partial charge in [0.15, 0.2) is 0 Å². The number of benzene rings is 1. The number of amides is 1. The molecule has 0 radical (unpaired) electrons. The van der Waals surface area contributed by atoms with E-state index < -0.39 is 0 Å². The summed E-state index contributed by atoms with van der Waals surface area (Å²) in [5.41, 5.74) is 0.909. The summed E-state index contributed by atoms with van der Waals surface area (Å²) in [5, 5.41) is 2.91. The summed E-state index contributed by atoms with van der Waals surface area (Å²) in [4.78, 5) is 19.0. The summed E-state index contributed by atoms with van der Waals surface area (Å²) in [6, 6.07) is 9.72. The lowest BCUT2D eigenvalue weighted by Gasteiger charge is -2.28. The average Bonchev–Trinajstić information content (AvgIpc) is 3.23. The maximum atomic E-state index is 14.4. The monoisotopic (exact) mass is 373 g/mol. The minimum absolute atomic E-state index is 0.190. The highest BCUT2D eigenvalue weighted by Crippen LogP contribution is 2.27. The van der Waals surface area contributed by atoms with Gasteiger partial charge in [0.2, 0.25) is 11.8 Å². The minimum Gasteiger partial charge on any atom is -0.481 e. The third-order valence-electron chi connectivity index (χ3n) is 4.78. The van der Waals surface area contributed by atoms with E-state index in [9.17, 15) is 9.18 Å². The van der Waals surface area contributed by atoms with Crippen LogP contribution in [0, 0.1) is 5.82 Å². The number of nitrogens with one attached hydrogen (secondary N) is 1. The molecule has 1 saturated heterocycles. The highest BCUT2D eigenvalue weighted by atomic mass is 19.1. The van der Waals surface area contributed by atoms with E-state index in [-0.39, 0.29) is 23.6 Å². The fourth-order valence-electron chi connectivity index (χ4n) is 3.38. The Morgan fingerprint density at radius 3 is 2.59 bits per heavy atom. The Bertz CT molecular complexity index is 794. The van der Waals surface area contributed by atoms with Crippen molar-refractivity contribution >= 4 is 5.91 Å². The molecule has 6 nitrogen and oxygen atoms in total. The summed E-state index contributed by atoms with van der Waals surface area (Å²) >= 11 is 0. The van der Waals surface area contributed by atoms with Gasteiger partial charge in [-0.05, 0) is 38.1 Å². The predicted molar refractivity (Wildman–Crippen MR) is 99.6 cm³/mol. The molecule has 144 valence electrons. The van der Waals surface area contributed by atoms with Crippen molar-refractivity contribution in [2.75, 3.05) is 33.9 Å². The van der Waals surface area contributed by atoms with E-state index in [4.69, 9.17) is 9.47 Å². The SMILES string of the molecule is COc1ccc(C(=O)NCC(c2ccccc2F)N2CCCC2)c(OC)n1. The van der Waals surface area contributed by atoms with Gasteiger partial charge in [0, 0.05) is 18.2 Å². The van der Waals surface area contributed by atoms with Gasteiger partial charge in [-0.25, -0.2) is 4.39 Å². The van der Waals surface area contributed by atoms with Crippen molar-refractivity contribution in [3.63, 3.8) is 0 Å². The predicted octanol–water partition coefficient (Wildman–Crippen LogP) is 2.80. The first-order valence-corrected chi connectivity index (χ1v) is 8.99. The molecule has 0 aliphatic carbocycles. The van der Waals surface area contributed by atoms with Crippen molar-refractivity contribution in [1.82, 2.24) is 15.2 Å². The normalized spacial score (nSPS) is 15.4. The summed E-state index contributed by atoms with van der Waals surface area (Å²) in [7, 11) is 2.95. The number of ether oxygens (including phenoxy) is 2. The third kappa shape index (κ3) is 4.36. The Labute approximate surface area is 158 Å². The van der Waals surface area contributed by atoms with Crippen LogP contribution in [0.15, 0.2) is 36.4 Å². The number of methoxy groups -OCH3 is 2.